The lowest BCUT2D eigenvalue weighted by atomic mass is 10.2. The Kier molecular flexibility index (Phi) is 6.47. The molecule has 0 saturated carbocycles. The number of hydrogen-bond acceptors (Lipinski definition) is 7. The van der Waals surface area contributed by atoms with Gasteiger partial charge in [-0.15, -0.1) is 11.3 Å². The molecule has 30 heavy (non-hydrogen) atoms. The van der Waals surface area contributed by atoms with E-state index in [9.17, 15) is 13.2 Å². The summed E-state index contributed by atoms with van der Waals surface area (Å²) >= 11 is 1.10. The quantitative estimate of drug-likeness (QED) is 0.554. The second kappa shape index (κ2) is 8.88. The van der Waals surface area contributed by atoms with Crippen molar-refractivity contribution < 1.29 is 22.7 Å². The largest absolute Gasteiger partial charge is 0.497 e. The Morgan fingerprint density at radius 1 is 1.10 bits per heavy atom. The van der Waals surface area contributed by atoms with E-state index in [0.717, 1.165) is 11.3 Å². The number of aromatic nitrogens is 1. The summed E-state index contributed by atoms with van der Waals surface area (Å²) in [5.74, 6) is 1.13. The van der Waals surface area contributed by atoms with Crippen LogP contribution in [0.5, 0.6) is 11.5 Å². The van der Waals surface area contributed by atoms with Crippen LogP contribution in [0.3, 0.4) is 0 Å². The molecule has 2 N–H and O–H groups in total. The Bertz CT molecular complexity index is 1170. The molecule has 0 saturated heterocycles. The van der Waals surface area contributed by atoms with Gasteiger partial charge in [-0.3, -0.25) is 0 Å². The molecule has 3 rings (SSSR count). The van der Waals surface area contributed by atoms with Crippen LogP contribution in [0, 0.1) is 5.92 Å². The zero-order valence-corrected chi connectivity index (χ0v) is 18.7. The van der Waals surface area contributed by atoms with Crippen molar-refractivity contribution in [1.29, 1.82) is 0 Å². The number of thiazole rings is 1. The fourth-order valence-corrected chi connectivity index (χ4v) is 5.79. The third-order valence-corrected chi connectivity index (χ3v) is 7.66. The number of urea groups is 1. The summed E-state index contributed by atoms with van der Waals surface area (Å²) in [5, 5.41) is 5.46. The SMILES string of the molecule is COc1ccc(NC(=O)Nc2ccc3nc(S(=O)(=O)CC(C)C)sc3c2)c(OC)c1. The first-order valence-corrected chi connectivity index (χ1v) is 11.6. The monoisotopic (exact) mass is 449 g/mol. The lowest BCUT2D eigenvalue weighted by Crippen LogP contribution is -2.19. The molecular weight excluding hydrogens is 426 g/mol. The van der Waals surface area contributed by atoms with Crippen molar-refractivity contribution in [3.8, 4) is 11.5 Å². The Labute approximate surface area is 179 Å². The van der Waals surface area contributed by atoms with Crippen LogP contribution >= 0.6 is 11.3 Å². The van der Waals surface area contributed by atoms with Crippen LogP contribution in [0.25, 0.3) is 10.2 Å². The van der Waals surface area contributed by atoms with Crippen LogP contribution in [0.2, 0.25) is 0 Å². The number of rotatable bonds is 7. The average Bonchev–Trinajstić information content (AvgIpc) is 3.11. The molecule has 0 aliphatic carbocycles. The van der Waals surface area contributed by atoms with E-state index in [1.54, 1.807) is 43.5 Å². The average molecular weight is 450 g/mol. The molecule has 0 bridgehead atoms. The van der Waals surface area contributed by atoms with Gasteiger partial charge in [-0.1, -0.05) is 13.8 Å². The van der Waals surface area contributed by atoms with E-state index in [2.05, 4.69) is 15.6 Å². The number of hydrogen-bond donors (Lipinski definition) is 2. The number of amides is 2. The van der Waals surface area contributed by atoms with Gasteiger partial charge in [0, 0.05) is 11.8 Å². The molecule has 0 unspecified atom stereocenters. The predicted octanol–water partition coefficient (Wildman–Crippen LogP) is 4.39. The van der Waals surface area contributed by atoms with Crippen LogP contribution in [-0.4, -0.2) is 39.4 Å². The minimum absolute atomic E-state index is 0.0119. The second-order valence-electron chi connectivity index (χ2n) is 6.98. The maximum atomic E-state index is 12.4. The standard InChI is InChI=1S/C20H23N3O5S2/c1-12(2)11-30(25,26)20-23-16-7-5-13(9-18(16)29-20)21-19(24)22-15-8-6-14(27-3)10-17(15)28-4/h5-10,12H,11H2,1-4H3,(H2,21,22,24). The van der Waals surface area contributed by atoms with E-state index < -0.39 is 15.9 Å². The van der Waals surface area contributed by atoms with Gasteiger partial charge in [-0.2, -0.15) is 0 Å². The number of carbonyl (C=O) groups is 1. The molecule has 2 amide bonds. The van der Waals surface area contributed by atoms with Crippen molar-refractivity contribution in [2.75, 3.05) is 30.6 Å². The van der Waals surface area contributed by atoms with Crippen LogP contribution in [0.4, 0.5) is 16.2 Å². The summed E-state index contributed by atoms with van der Waals surface area (Å²) in [5.41, 5.74) is 1.57. The van der Waals surface area contributed by atoms with Crippen LogP contribution in [-0.2, 0) is 9.84 Å². The predicted molar refractivity (Wildman–Crippen MR) is 119 cm³/mol. The minimum atomic E-state index is -3.43. The number of fused-ring (bicyclic) bond motifs is 1. The summed E-state index contributed by atoms with van der Waals surface area (Å²) in [6.07, 6.45) is 0. The van der Waals surface area contributed by atoms with Crippen molar-refractivity contribution in [2.45, 2.75) is 18.2 Å². The fourth-order valence-electron chi connectivity index (χ4n) is 2.81. The molecule has 10 heteroatoms. The molecule has 8 nitrogen and oxygen atoms in total. The molecule has 160 valence electrons. The normalized spacial score (nSPS) is 11.5. The van der Waals surface area contributed by atoms with E-state index in [-0.39, 0.29) is 16.0 Å². The molecule has 0 fully saturated rings. The highest BCUT2D eigenvalue weighted by atomic mass is 32.2. The first-order valence-electron chi connectivity index (χ1n) is 9.15. The molecule has 1 aromatic heterocycles. The molecule has 2 aromatic carbocycles. The van der Waals surface area contributed by atoms with Gasteiger partial charge in [0.2, 0.25) is 14.2 Å². The van der Waals surface area contributed by atoms with Crippen molar-refractivity contribution in [2.24, 2.45) is 5.92 Å². The van der Waals surface area contributed by atoms with Gasteiger partial charge in [0.1, 0.15) is 11.5 Å². The lowest BCUT2D eigenvalue weighted by molar-refractivity contribution is 0.262. The molecule has 0 spiro atoms. The van der Waals surface area contributed by atoms with Crippen LogP contribution in [0.15, 0.2) is 40.7 Å². The molecule has 0 aliphatic heterocycles. The maximum absolute atomic E-state index is 12.4. The first kappa shape index (κ1) is 21.8. The van der Waals surface area contributed by atoms with Gasteiger partial charge >= 0.3 is 6.03 Å². The Morgan fingerprint density at radius 2 is 1.87 bits per heavy atom. The summed E-state index contributed by atoms with van der Waals surface area (Å²) < 4.78 is 36.1. The fraction of sp³-hybridized carbons (Fsp3) is 0.300. The van der Waals surface area contributed by atoms with E-state index in [0.29, 0.717) is 33.1 Å². The first-order chi connectivity index (χ1) is 14.2. The summed E-state index contributed by atoms with van der Waals surface area (Å²) in [6.45, 7) is 3.70. The summed E-state index contributed by atoms with van der Waals surface area (Å²) in [4.78, 5) is 16.6. The zero-order valence-electron chi connectivity index (χ0n) is 17.1. The number of carbonyl (C=O) groups excluding carboxylic acids is 1. The number of sulfone groups is 1. The summed E-state index contributed by atoms with van der Waals surface area (Å²) in [6, 6.07) is 9.64. The van der Waals surface area contributed by atoms with Crippen LogP contribution < -0.4 is 20.1 Å². The van der Waals surface area contributed by atoms with Gasteiger partial charge in [0.25, 0.3) is 0 Å². The molecule has 0 radical (unpaired) electrons. The summed E-state index contributed by atoms with van der Waals surface area (Å²) in [7, 11) is -0.382. The van der Waals surface area contributed by atoms with Gasteiger partial charge in [-0.05, 0) is 36.2 Å². The second-order valence-corrected chi connectivity index (χ2v) is 10.2. The Hall–Kier alpha value is -2.85. The highest BCUT2D eigenvalue weighted by molar-refractivity contribution is 7.93. The van der Waals surface area contributed by atoms with Crippen molar-refractivity contribution >= 4 is 48.8 Å². The van der Waals surface area contributed by atoms with Crippen molar-refractivity contribution in [1.82, 2.24) is 4.98 Å². The number of benzene rings is 2. The maximum Gasteiger partial charge on any atom is 0.323 e. The van der Waals surface area contributed by atoms with E-state index in [4.69, 9.17) is 9.47 Å². The van der Waals surface area contributed by atoms with Crippen molar-refractivity contribution in [3.63, 3.8) is 0 Å². The molecule has 1 heterocycles. The smallest absolute Gasteiger partial charge is 0.323 e. The van der Waals surface area contributed by atoms with Gasteiger partial charge in [-0.25, -0.2) is 18.2 Å². The van der Waals surface area contributed by atoms with Crippen LogP contribution in [0.1, 0.15) is 13.8 Å². The minimum Gasteiger partial charge on any atom is -0.497 e. The Morgan fingerprint density at radius 3 is 2.53 bits per heavy atom. The van der Waals surface area contributed by atoms with E-state index >= 15 is 0 Å². The van der Waals surface area contributed by atoms with Gasteiger partial charge in [0.15, 0.2) is 0 Å². The van der Waals surface area contributed by atoms with E-state index in [1.165, 1.54) is 7.11 Å². The number of anilines is 2. The number of nitrogens with zero attached hydrogens (tertiary/aromatic N) is 1. The molecule has 0 aliphatic rings. The number of nitrogens with one attached hydrogen (secondary N) is 2. The van der Waals surface area contributed by atoms with Crippen molar-refractivity contribution in [3.05, 3.63) is 36.4 Å². The molecular formula is C20H23N3O5S2. The molecule has 3 aromatic rings. The topological polar surface area (TPSA) is 107 Å². The zero-order chi connectivity index (χ0) is 21.9. The molecule has 0 atom stereocenters. The number of ether oxygens (including phenoxy) is 2. The lowest BCUT2D eigenvalue weighted by Gasteiger charge is -2.12. The third-order valence-electron chi connectivity index (χ3n) is 4.10. The highest BCUT2D eigenvalue weighted by Gasteiger charge is 2.21. The van der Waals surface area contributed by atoms with E-state index in [1.807, 2.05) is 13.8 Å². The van der Waals surface area contributed by atoms with Gasteiger partial charge in [0.05, 0.1) is 35.9 Å². The highest BCUT2D eigenvalue weighted by Crippen LogP contribution is 2.31. The Balaban J connectivity index is 1.77. The van der Waals surface area contributed by atoms with Gasteiger partial charge < -0.3 is 20.1 Å². The third kappa shape index (κ3) is 5.00. The number of methoxy groups -OCH3 is 2.